The standard InChI is InChI=1S/C15H23N5O.CH2O2/c1-2-3-4-7-18-8-5-9-20(12-11-18)15(21)6-10-19-13-16-17-14-19;2-1-3/h13-14H,2,5-12H2,1H3;1H,(H,2,3). The zero-order valence-electron chi connectivity index (χ0n) is 14.1. The molecule has 8 nitrogen and oxygen atoms in total. The first-order chi connectivity index (χ1) is 11.7. The molecule has 1 saturated heterocycles. The molecule has 0 radical (unpaired) electrons. The molecule has 1 aromatic rings. The summed E-state index contributed by atoms with van der Waals surface area (Å²) in [6, 6.07) is 0. The fraction of sp³-hybridized carbons (Fsp3) is 0.625. The quantitative estimate of drug-likeness (QED) is 0.629. The van der Waals surface area contributed by atoms with Crippen LogP contribution in [-0.4, -0.2) is 74.8 Å². The first-order valence-corrected chi connectivity index (χ1v) is 8.07. The van der Waals surface area contributed by atoms with E-state index in [1.807, 2.05) is 9.47 Å². The zero-order chi connectivity index (χ0) is 17.6. The van der Waals surface area contributed by atoms with E-state index in [-0.39, 0.29) is 12.4 Å². The Hall–Kier alpha value is -2.40. The minimum atomic E-state index is -0.250. The normalized spacial score (nSPS) is 14.6. The van der Waals surface area contributed by atoms with Gasteiger partial charge in [-0.1, -0.05) is 12.8 Å². The van der Waals surface area contributed by atoms with Crippen LogP contribution in [-0.2, 0) is 16.1 Å². The molecule has 1 aliphatic heterocycles. The van der Waals surface area contributed by atoms with Crippen LogP contribution in [0.3, 0.4) is 0 Å². The predicted molar refractivity (Wildman–Crippen MR) is 89.0 cm³/mol. The summed E-state index contributed by atoms with van der Waals surface area (Å²) in [4.78, 5) is 24.9. The minimum Gasteiger partial charge on any atom is -0.483 e. The van der Waals surface area contributed by atoms with Crippen LogP contribution in [0.25, 0.3) is 0 Å². The lowest BCUT2D eigenvalue weighted by molar-refractivity contribution is -0.131. The summed E-state index contributed by atoms with van der Waals surface area (Å²) >= 11 is 0. The molecule has 24 heavy (non-hydrogen) atoms. The Labute approximate surface area is 142 Å². The molecule has 2 rings (SSSR count). The van der Waals surface area contributed by atoms with Gasteiger partial charge in [0.1, 0.15) is 12.7 Å². The van der Waals surface area contributed by atoms with E-state index in [0.717, 1.165) is 45.6 Å². The molecule has 0 aliphatic carbocycles. The SMILES string of the molecule is CCC#CCN1CCCN(C(=O)CCn2cnnc2)CC1.O=CO. The van der Waals surface area contributed by atoms with Gasteiger partial charge in [0.2, 0.25) is 5.91 Å². The van der Waals surface area contributed by atoms with E-state index >= 15 is 0 Å². The molecule has 1 aliphatic rings. The van der Waals surface area contributed by atoms with Crippen LogP contribution < -0.4 is 0 Å². The Bertz CT molecular complexity index is 536. The van der Waals surface area contributed by atoms with Crippen molar-refractivity contribution in [2.75, 3.05) is 32.7 Å². The van der Waals surface area contributed by atoms with Crippen molar-refractivity contribution >= 4 is 12.4 Å². The Morgan fingerprint density at radius 2 is 1.92 bits per heavy atom. The van der Waals surface area contributed by atoms with Crippen molar-refractivity contribution in [2.24, 2.45) is 0 Å². The maximum Gasteiger partial charge on any atom is 0.290 e. The fourth-order valence-electron chi connectivity index (χ4n) is 2.39. The Kier molecular flexibility index (Phi) is 9.88. The lowest BCUT2D eigenvalue weighted by Gasteiger charge is -2.21. The highest BCUT2D eigenvalue weighted by Crippen LogP contribution is 2.05. The Balaban J connectivity index is 0.000000891. The third-order valence-corrected chi connectivity index (χ3v) is 3.60. The molecule has 0 unspecified atom stereocenters. The van der Waals surface area contributed by atoms with Gasteiger partial charge in [0.05, 0.1) is 6.54 Å². The molecule has 1 fully saturated rings. The van der Waals surface area contributed by atoms with E-state index in [2.05, 4.69) is 33.9 Å². The number of hydrogen-bond donors (Lipinski definition) is 1. The number of nitrogens with zero attached hydrogens (tertiary/aromatic N) is 5. The number of carbonyl (C=O) groups excluding carboxylic acids is 1. The second-order valence-electron chi connectivity index (χ2n) is 5.27. The largest absolute Gasteiger partial charge is 0.483 e. The molecular weight excluding hydrogens is 310 g/mol. The first kappa shape index (κ1) is 19.6. The van der Waals surface area contributed by atoms with E-state index in [1.54, 1.807) is 12.7 Å². The second-order valence-corrected chi connectivity index (χ2v) is 5.27. The van der Waals surface area contributed by atoms with Crippen LogP contribution in [0.15, 0.2) is 12.7 Å². The van der Waals surface area contributed by atoms with E-state index in [9.17, 15) is 4.79 Å². The van der Waals surface area contributed by atoms with Crippen LogP contribution in [0.2, 0.25) is 0 Å². The summed E-state index contributed by atoms with van der Waals surface area (Å²) in [6.07, 6.45) is 5.72. The molecule has 1 N–H and O–H groups in total. The predicted octanol–water partition coefficient (Wildman–Crippen LogP) is 0.317. The molecule has 0 spiro atoms. The van der Waals surface area contributed by atoms with Crippen molar-refractivity contribution in [2.45, 2.75) is 32.7 Å². The fourth-order valence-corrected chi connectivity index (χ4v) is 2.39. The van der Waals surface area contributed by atoms with E-state index in [0.29, 0.717) is 13.0 Å². The van der Waals surface area contributed by atoms with Crippen LogP contribution in [0, 0.1) is 11.8 Å². The minimum absolute atomic E-state index is 0.213. The Morgan fingerprint density at radius 3 is 2.58 bits per heavy atom. The van der Waals surface area contributed by atoms with Crippen molar-refractivity contribution in [3.05, 3.63) is 12.7 Å². The monoisotopic (exact) mass is 335 g/mol. The molecule has 132 valence electrons. The van der Waals surface area contributed by atoms with Crippen LogP contribution in [0.4, 0.5) is 0 Å². The third kappa shape index (κ3) is 7.74. The third-order valence-electron chi connectivity index (χ3n) is 3.60. The highest BCUT2D eigenvalue weighted by molar-refractivity contribution is 5.76. The lowest BCUT2D eigenvalue weighted by atomic mass is 10.3. The highest BCUT2D eigenvalue weighted by atomic mass is 16.3. The summed E-state index contributed by atoms with van der Waals surface area (Å²) in [5.41, 5.74) is 0. The Morgan fingerprint density at radius 1 is 1.21 bits per heavy atom. The molecule has 0 atom stereocenters. The van der Waals surface area contributed by atoms with Gasteiger partial charge in [-0.15, -0.1) is 16.1 Å². The zero-order valence-corrected chi connectivity index (χ0v) is 14.1. The van der Waals surface area contributed by atoms with Crippen molar-refractivity contribution in [1.82, 2.24) is 24.6 Å². The van der Waals surface area contributed by atoms with Crippen molar-refractivity contribution in [1.29, 1.82) is 0 Å². The average molecular weight is 335 g/mol. The number of hydrogen-bond acceptors (Lipinski definition) is 5. The maximum atomic E-state index is 12.2. The number of carbonyl (C=O) groups is 2. The topological polar surface area (TPSA) is 91.6 Å². The second kappa shape index (κ2) is 12.1. The van der Waals surface area contributed by atoms with Crippen molar-refractivity contribution in [3.8, 4) is 11.8 Å². The molecule has 0 aromatic carbocycles. The molecule has 0 saturated carbocycles. The van der Waals surface area contributed by atoms with Gasteiger partial charge in [-0.2, -0.15) is 0 Å². The van der Waals surface area contributed by atoms with Gasteiger partial charge < -0.3 is 14.6 Å². The van der Waals surface area contributed by atoms with Crippen LogP contribution in [0.1, 0.15) is 26.2 Å². The molecule has 2 heterocycles. The average Bonchev–Trinajstić information content (AvgIpc) is 2.98. The van der Waals surface area contributed by atoms with Gasteiger partial charge in [-0.3, -0.25) is 14.5 Å². The summed E-state index contributed by atoms with van der Waals surface area (Å²) in [5, 5.41) is 14.4. The highest BCUT2D eigenvalue weighted by Gasteiger charge is 2.18. The van der Waals surface area contributed by atoms with Crippen molar-refractivity contribution in [3.63, 3.8) is 0 Å². The van der Waals surface area contributed by atoms with Gasteiger partial charge in [-0.05, 0) is 6.42 Å². The van der Waals surface area contributed by atoms with E-state index in [1.165, 1.54) is 0 Å². The smallest absolute Gasteiger partial charge is 0.290 e. The number of carboxylic acid groups (broad SMARTS) is 1. The summed E-state index contributed by atoms with van der Waals surface area (Å²) in [7, 11) is 0. The van der Waals surface area contributed by atoms with Gasteiger partial charge in [0, 0.05) is 45.6 Å². The number of amides is 1. The molecule has 0 bridgehead atoms. The molecule has 1 amide bonds. The van der Waals surface area contributed by atoms with Gasteiger partial charge in [0.25, 0.3) is 6.47 Å². The maximum absolute atomic E-state index is 12.2. The van der Waals surface area contributed by atoms with Gasteiger partial charge in [-0.25, -0.2) is 0 Å². The number of aromatic nitrogens is 3. The van der Waals surface area contributed by atoms with Gasteiger partial charge in [0.15, 0.2) is 0 Å². The number of aryl methyl sites for hydroxylation is 1. The van der Waals surface area contributed by atoms with Crippen LogP contribution in [0.5, 0.6) is 0 Å². The van der Waals surface area contributed by atoms with E-state index < -0.39 is 0 Å². The molecule has 1 aromatic heterocycles. The van der Waals surface area contributed by atoms with Crippen molar-refractivity contribution < 1.29 is 14.7 Å². The van der Waals surface area contributed by atoms with Crippen LogP contribution >= 0.6 is 0 Å². The molecule has 8 heteroatoms. The van der Waals surface area contributed by atoms with E-state index in [4.69, 9.17) is 9.90 Å². The van der Waals surface area contributed by atoms with Gasteiger partial charge >= 0.3 is 0 Å². The summed E-state index contributed by atoms with van der Waals surface area (Å²) in [6.45, 7) is 6.86. The first-order valence-electron chi connectivity index (χ1n) is 8.07. The number of rotatable bonds is 4. The lowest BCUT2D eigenvalue weighted by Crippen LogP contribution is -2.35. The summed E-state index contributed by atoms with van der Waals surface area (Å²) in [5.74, 6) is 6.49. The summed E-state index contributed by atoms with van der Waals surface area (Å²) < 4.78 is 1.84. The molecular formula is C16H25N5O3.